The second kappa shape index (κ2) is 7.28. The van der Waals surface area contributed by atoms with E-state index in [2.05, 4.69) is 15.5 Å². The van der Waals surface area contributed by atoms with E-state index >= 15 is 0 Å². The van der Waals surface area contributed by atoms with E-state index in [1.54, 1.807) is 0 Å². The van der Waals surface area contributed by atoms with Crippen molar-refractivity contribution in [2.75, 3.05) is 32.7 Å². The number of amides is 1. The molecule has 23 heavy (non-hydrogen) atoms. The Bertz CT molecular complexity index is 406. The standard InChI is InChI=1S/C18H31N3O.ClH/c22-17(20-16-13-21-11-3-14(16)4-12-21)15-1-5-18(6-2-15)7-9-19-10-8-18;/h14-16,19H,1-13H2,(H,20,22);1H/t16-;/m0./s1. The number of carbonyl (C=O) groups is 1. The highest BCUT2D eigenvalue weighted by molar-refractivity contribution is 5.85. The van der Waals surface area contributed by atoms with Crippen molar-refractivity contribution >= 4 is 18.3 Å². The van der Waals surface area contributed by atoms with E-state index in [1.807, 2.05) is 0 Å². The Morgan fingerprint density at radius 3 is 2.22 bits per heavy atom. The molecule has 2 bridgehead atoms. The molecule has 1 aliphatic carbocycles. The van der Waals surface area contributed by atoms with Gasteiger partial charge in [-0.25, -0.2) is 0 Å². The third-order valence-corrected chi connectivity index (χ3v) is 7.07. The number of fused-ring (bicyclic) bond motifs is 3. The summed E-state index contributed by atoms with van der Waals surface area (Å²) in [5.41, 5.74) is 0.567. The van der Waals surface area contributed by atoms with E-state index in [0.717, 1.165) is 25.3 Å². The van der Waals surface area contributed by atoms with E-state index in [1.165, 1.54) is 64.7 Å². The van der Waals surface area contributed by atoms with E-state index in [-0.39, 0.29) is 18.3 Å². The predicted molar refractivity (Wildman–Crippen MR) is 94.8 cm³/mol. The Morgan fingerprint density at radius 1 is 1.00 bits per heavy atom. The maximum absolute atomic E-state index is 12.7. The Kier molecular flexibility index (Phi) is 5.54. The number of piperidine rings is 4. The highest BCUT2D eigenvalue weighted by Crippen LogP contribution is 2.45. The first-order valence-corrected chi connectivity index (χ1v) is 9.48. The summed E-state index contributed by atoms with van der Waals surface area (Å²) in [6, 6.07) is 0.435. The van der Waals surface area contributed by atoms with Crippen molar-refractivity contribution in [3.8, 4) is 0 Å². The Balaban J connectivity index is 0.00000156. The molecule has 132 valence electrons. The fourth-order valence-corrected chi connectivity index (χ4v) is 5.38. The van der Waals surface area contributed by atoms with Gasteiger partial charge in [-0.1, -0.05) is 0 Å². The van der Waals surface area contributed by atoms with Gasteiger partial charge in [-0.3, -0.25) is 4.79 Å². The minimum Gasteiger partial charge on any atom is -0.352 e. The summed E-state index contributed by atoms with van der Waals surface area (Å²) in [5, 5.41) is 6.89. The van der Waals surface area contributed by atoms with Crippen LogP contribution in [0.1, 0.15) is 51.4 Å². The number of hydrogen-bond donors (Lipinski definition) is 2. The molecule has 0 radical (unpaired) electrons. The van der Waals surface area contributed by atoms with Crippen LogP contribution < -0.4 is 10.6 Å². The molecule has 1 atom stereocenters. The lowest BCUT2D eigenvalue weighted by atomic mass is 9.65. The maximum Gasteiger partial charge on any atom is 0.223 e. The summed E-state index contributed by atoms with van der Waals surface area (Å²) in [7, 11) is 0. The molecule has 5 rings (SSSR count). The van der Waals surface area contributed by atoms with Crippen molar-refractivity contribution in [2.24, 2.45) is 17.3 Å². The molecule has 4 nitrogen and oxygen atoms in total. The first-order valence-electron chi connectivity index (χ1n) is 9.48. The number of halogens is 1. The molecule has 4 heterocycles. The second-order valence-electron chi connectivity index (χ2n) is 8.28. The van der Waals surface area contributed by atoms with Crippen LogP contribution >= 0.6 is 12.4 Å². The fraction of sp³-hybridized carbons (Fsp3) is 0.944. The summed E-state index contributed by atoms with van der Waals surface area (Å²) in [4.78, 5) is 15.2. The predicted octanol–water partition coefficient (Wildman–Crippen LogP) is 2.18. The van der Waals surface area contributed by atoms with Crippen molar-refractivity contribution in [1.29, 1.82) is 0 Å². The van der Waals surface area contributed by atoms with Gasteiger partial charge in [0.1, 0.15) is 0 Å². The van der Waals surface area contributed by atoms with Crippen LogP contribution in [0.25, 0.3) is 0 Å². The Labute approximate surface area is 146 Å². The zero-order valence-corrected chi connectivity index (χ0v) is 15.0. The van der Waals surface area contributed by atoms with Gasteiger partial charge in [0.2, 0.25) is 5.91 Å². The molecule has 2 N–H and O–H groups in total. The SMILES string of the molecule is Cl.O=C(N[C@H]1CN2CCC1CC2)C1CCC2(CCNCC2)CC1. The topological polar surface area (TPSA) is 44.4 Å². The average molecular weight is 342 g/mol. The van der Waals surface area contributed by atoms with E-state index in [4.69, 9.17) is 0 Å². The number of nitrogens with one attached hydrogen (secondary N) is 2. The van der Waals surface area contributed by atoms with Crippen LogP contribution in [-0.2, 0) is 4.79 Å². The molecule has 1 spiro atoms. The lowest BCUT2D eigenvalue weighted by Gasteiger charge is -2.46. The van der Waals surface area contributed by atoms with Crippen LogP contribution in [0, 0.1) is 17.3 Å². The maximum atomic E-state index is 12.7. The Morgan fingerprint density at radius 2 is 1.65 bits per heavy atom. The lowest BCUT2D eigenvalue weighted by Crippen LogP contribution is -2.58. The number of nitrogens with zero attached hydrogens (tertiary/aromatic N) is 1. The first-order chi connectivity index (χ1) is 10.7. The molecule has 5 heteroatoms. The number of rotatable bonds is 2. The van der Waals surface area contributed by atoms with Gasteiger partial charge in [-0.2, -0.15) is 0 Å². The van der Waals surface area contributed by atoms with Crippen molar-refractivity contribution in [1.82, 2.24) is 15.5 Å². The van der Waals surface area contributed by atoms with Crippen molar-refractivity contribution in [3.05, 3.63) is 0 Å². The largest absolute Gasteiger partial charge is 0.352 e. The quantitative estimate of drug-likeness (QED) is 0.809. The van der Waals surface area contributed by atoms with Crippen LogP contribution in [-0.4, -0.2) is 49.6 Å². The second-order valence-corrected chi connectivity index (χ2v) is 8.28. The molecule has 0 aromatic carbocycles. The molecule has 5 fully saturated rings. The van der Waals surface area contributed by atoms with Gasteiger partial charge in [0.25, 0.3) is 0 Å². The molecule has 5 aliphatic rings. The van der Waals surface area contributed by atoms with Gasteiger partial charge in [-0.05, 0) is 88.9 Å². The minimum atomic E-state index is 0. The van der Waals surface area contributed by atoms with Crippen LogP contribution in [0.15, 0.2) is 0 Å². The van der Waals surface area contributed by atoms with E-state index in [0.29, 0.717) is 17.4 Å². The Hall–Kier alpha value is -0.320. The molecule has 4 saturated heterocycles. The summed E-state index contributed by atoms with van der Waals surface area (Å²) in [5.74, 6) is 1.40. The van der Waals surface area contributed by atoms with Crippen molar-refractivity contribution < 1.29 is 4.79 Å². The highest BCUT2D eigenvalue weighted by atomic mass is 35.5. The lowest BCUT2D eigenvalue weighted by molar-refractivity contribution is -0.129. The summed E-state index contributed by atoms with van der Waals surface area (Å²) < 4.78 is 0. The minimum absolute atomic E-state index is 0. The molecule has 0 unspecified atom stereocenters. The number of carbonyl (C=O) groups excluding carboxylic acids is 1. The van der Waals surface area contributed by atoms with Gasteiger partial charge in [0, 0.05) is 18.5 Å². The van der Waals surface area contributed by atoms with E-state index < -0.39 is 0 Å². The average Bonchev–Trinajstić information content (AvgIpc) is 2.57. The van der Waals surface area contributed by atoms with Gasteiger partial charge >= 0.3 is 0 Å². The zero-order chi connectivity index (χ0) is 15.0. The third-order valence-electron chi connectivity index (χ3n) is 7.07. The normalized spacial score (nSPS) is 36.4. The van der Waals surface area contributed by atoms with Crippen LogP contribution in [0.2, 0.25) is 0 Å². The smallest absolute Gasteiger partial charge is 0.223 e. The molecule has 1 saturated carbocycles. The van der Waals surface area contributed by atoms with Crippen molar-refractivity contribution in [3.63, 3.8) is 0 Å². The summed E-state index contributed by atoms with van der Waals surface area (Å²) in [6.45, 7) is 5.94. The fourth-order valence-electron chi connectivity index (χ4n) is 5.38. The third kappa shape index (κ3) is 3.69. The zero-order valence-electron chi connectivity index (χ0n) is 14.2. The van der Waals surface area contributed by atoms with E-state index in [9.17, 15) is 4.79 Å². The monoisotopic (exact) mass is 341 g/mol. The van der Waals surface area contributed by atoms with Gasteiger partial charge < -0.3 is 15.5 Å². The molecule has 1 amide bonds. The molecular weight excluding hydrogens is 310 g/mol. The van der Waals surface area contributed by atoms with Crippen molar-refractivity contribution in [2.45, 2.75) is 57.4 Å². The number of hydrogen-bond acceptors (Lipinski definition) is 3. The van der Waals surface area contributed by atoms with Gasteiger partial charge in [0.15, 0.2) is 0 Å². The molecule has 0 aromatic rings. The highest BCUT2D eigenvalue weighted by Gasteiger charge is 2.40. The summed E-state index contributed by atoms with van der Waals surface area (Å²) in [6.07, 6.45) is 9.99. The molecular formula is C18H32ClN3O. The summed E-state index contributed by atoms with van der Waals surface area (Å²) >= 11 is 0. The van der Waals surface area contributed by atoms with Gasteiger partial charge in [-0.15, -0.1) is 12.4 Å². The molecule has 0 aromatic heterocycles. The van der Waals surface area contributed by atoms with Crippen LogP contribution in [0.5, 0.6) is 0 Å². The first kappa shape index (κ1) is 17.5. The van der Waals surface area contributed by atoms with Crippen LogP contribution in [0.4, 0.5) is 0 Å². The van der Waals surface area contributed by atoms with Crippen LogP contribution in [0.3, 0.4) is 0 Å². The van der Waals surface area contributed by atoms with Gasteiger partial charge in [0.05, 0.1) is 0 Å². The molecule has 4 aliphatic heterocycles.